The Hall–Kier alpha value is -1.46. The van der Waals surface area contributed by atoms with Gasteiger partial charge in [0.2, 0.25) is 0 Å². The number of nitro benzene ring substituents is 1. The van der Waals surface area contributed by atoms with E-state index in [1.807, 2.05) is 13.8 Å². The molecule has 0 bridgehead atoms. The van der Waals surface area contributed by atoms with E-state index in [2.05, 4.69) is 0 Å². The van der Waals surface area contributed by atoms with Gasteiger partial charge in [0.1, 0.15) is 0 Å². The number of nitrogens with zero attached hydrogens (tertiary/aromatic N) is 1. The molecular formula is C11H13NO4. The van der Waals surface area contributed by atoms with Crippen LogP contribution in [-0.2, 0) is 9.47 Å². The molecule has 1 aliphatic heterocycles. The maximum absolute atomic E-state index is 10.6. The van der Waals surface area contributed by atoms with E-state index in [1.54, 1.807) is 12.1 Å². The second-order valence-electron chi connectivity index (χ2n) is 3.87. The summed E-state index contributed by atoms with van der Waals surface area (Å²) < 4.78 is 11.1. The maximum atomic E-state index is 10.6. The highest BCUT2D eigenvalue weighted by atomic mass is 16.7. The van der Waals surface area contributed by atoms with Gasteiger partial charge in [-0.25, -0.2) is 0 Å². The summed E-state index contributed by atoms with van der Waals surface area (Å²) in [5, 5.41) is 10.6. The molecule has 16 heavy (non-hydrogen) atoms. The molecule has 1 aliphatic rings. The van der Waals surface area contributed by atoms with Crippen molar-refractivity contribution >= 4 is 5.69 Å². The Labute approximate surface area is 93.1 Å². The number of hydrogen-bond donors (Lipinski definition) is 0. The molecular weight excluding hydrogens is 210 g/mol. The molecule has 86 valence electrons. The van der Waals surface area contributed by atoms with Crippen LogP contribution >= 0.6 is 0 Å². The lowest BCUT2D eigenvalue weighted by molar-refractivity contribution is -0.385. The lowest BCUT2D eigenvalue weighted by Crippen LogP contribution is -2.13. The Balaban J connectivity index is 2.21. The number of rotatable bonds is 2. The monoisotopic (exact) mass is 223 g/mol. The largest absolute Gasteiger partial charge is 0.343 e. The molecule has 0 aromatic heterocycles. The van der Waals surface area contributed by atoms with E-state index in [9.17, 15) is 10.1 Å². The zero-order chi connectivity index (χ0) is 11.7. The van der Waals surface area contributed by atoms with Crippen LogP contribution in [-0.4, -0.2) is 17.1 Å². The Bertz CT molecular complexity index is 397. The van der Waals surface area contributed by atoms with E-state index in [0.717, 1.165) is 0 Å². The first-order chi connectivity index (χ1) is 7.58. The van der Waals surface area contributed by atoms with Crippen LogP contribution in [0.1, 0.15) is 25.7 Å². The van der Waals surface area contributed by atoms with Crippen molar-refractivity contribution in [3.8, 4) is 0 Å². The smallest absolute Gasteiger partial charge is 0.269 e. The summed E-state index contributed by atoms with van der Waals surface area (Å²) in [4.78, 5) is 10.2. The Morgan fingerprint density at radius 2 is 1.88 bits per heavy atom. The zero-order valence-electron chi connectivity index (χ0n) is 9.12. The van der Waals surface area contributed by atoms with Crippen molar-refractivity contribution in [3.63, 3.8) is 0 Å². The standard InChI is InChI=1S/C11H13NO4/c1-7-8(2)16-11(15-7)9-4-3-5-10(6-9)12(13)14/h3-8,11H,1-2H3/t7-,8-/m0/s1. The van der Waals surface area contributed by atoms with E-state index >= 15 is 0 Å². The molecule has 0 radical (unpaired) electrons. The topological polar surface area (TPSA) is 61.6 Å². The quantitative estimate of drug-likeness (QED) is 0.570. The molecule has 5 heteroatoms. The van der Waals surface area contributed by atoms with Crippen molar-refractivity contribution in [2.45, 2.75) is 32.3 Å². The molecule has 0 N–H and O–H groups in total. The highest BCUT2D eigenvalue weighted by Gasteiger charge is 2.31. The lowest BCUT2D eigenvalue weighted by atomic mass is 10.2. The van der Waals surface area contributed by atoms with E-state index in [0.29, 0.717) is 5.56 Å². The summed E-state index contributed by atoms with van der Waals surface area (Å²) in [5.74, 6) is 0. The van der Waals surface area contributed by atoms with Gasteiger partial charge < -0.3 is 9.47 Å². The molecule has 2 atom stereocenters. The van der Waals surface area contributed by atoms with E-state index < -0.39 is 11.2 Å². The normalized spacial score (nSPS) is 25.9. The highest BCUT2D eigenvalue weighted by molar-refractivity contribution is 5.35. The number of nitro groups is 1. The van der Waals surface area contributed by atoms with Crippen LogP contribution in [0.4, 0.5) is 5.69 Å². The predicted octanol–water partition coefficient (Wildman–Crippen LogP) is 2.42. The third kappa shape index (κ3) is 2.05. The second-order valence-corrected chi connectivity index (χ2v) is 3.87. The molecule has 1 aromatic rings. The first kappa shape index (κ1) is 11.0. The number of ether oxygens (including phenoxy) is 2. The van der Waals surface area contributed by atoms with Gasteiger partial charge >= 0.3 is 0 Å². The zero-order valence-corrected chi connectivity index (χ0v) is 9.12. The average Bonchev–Trinajstić information content (AvgIpc) is 2.59. The highest BCUT2D eigenvalue weighted by Crippen LogP contribution is 2.32. The van der Waals surface area contributed by atoms with Crippen LogP contribution in [0.25, 0.3) is 0 Å². The number of non-ortho nitro benzene ring substituents is 1. The van der Waals surface area contributed by atoms with Crippen LogP contribution in [0.15, 0.2) is 24.3 Å². The van der Waals surface area contributed by atoms with Crippen molar-refractivity contribution in [1.29, 1.82) is 0 Å². The van der Waals surface area contributed by atoms with Gasteiger partial charge in [0.25, 0.3) is 5.69 Å². The van der Waals surface area contributed by atoms with E-state index in [1.165, 1.54) is 12.1 Å². The minimum atomic E-state index is -0.495. The van der Waals surface area contributed by atoms with Gasteiger partial charge in [0, 0.05) is 17.7 Å². The van der Waals surface area contributed by atoms with Crippen molar-refractivity contribution in [1.82, 2.24) is 0 Å². The van der Waals surface area contributed by atoms with Gasteiger partial charge in [0.15, 0.2) is 6.29 Å². The Morgan fingerprint density at radius 3 is 2.44 bits per heavy atom. The molecule has 5 nitrogen and oxygen atoms in total. The molecule has 1 saturated heterocycles. The fourth-order valence-electron chi connectivity index (χ4n) is 1.59. The Kier molecular flexibility index (Phi) is 2.89. The van der Waals surface area contributed by atoms with Crippen molar-refractivity contribution in [2.75, 3.05) is 0 Å². The van der Waals surface area contributed by atoms with Crippen LogP contribution in [0, 0.1) is 10.1 Å². The molecule has 1 heterocycles. The average molecular weight is 223 g/mol. The minimum absolute atomic E-state index is 0.00395. The number of benzene rings is 1. The third-order valence-electron chi connectivity index (χ3n) is 2.69. The SMILES string of the molecule is C[C@@H]1OC(c2cccc([N+](=O)[O-])c2)O[C@H]1C. The molecule has 0 saturated carbocycles. The fraction of sp³-hybridized carbons (Fsp3) is 0.455. The van der Waals surface area contributed by atoms with Gasteiger partial charge in [-0.1, -0.05) is 12.1 Å². The van der Waals surface area contributed by atoms with Gasteiger partial charge in [-0.15, -0.1) is 0 Å². The van der Waals surface area contributed by atoms with Crippen LogP contribution in [0.3, 0.4) is 0 Å². The first-order valence-electron chi connectivity index (χ1n) is 5.13. The van der Waals surface area contributed by atoms with Gasteiger partial charge in [-0.3, -0.25) is 10.1 Å². The van der Waals surface area contributed by atoms with Crippen molar-refractivity contribution < 1.29 is 14.4 Å². The molecule has 1 fully saturated rings. The second kappa shape index (κ2) is 4.19. The van der Waals surface area contributed by atoms with Crippen molar-refractivity contribution in [2.24, 2.45) is 0 Å². The van der Waals surface area contributed by atoms with E-state index in [4.69, 9.17) is 9.47 Å². The lowest BCUT2D eigenvalue weighted by Gasteiger charge is -2.09. The molecule has 0 spiro atoms. The van der Waals surface area contributed by atoms with Gasteiger partial charge in [0.05, 0.1) is 17.1 Å². The summed E-state index contributed by atoms with van der Waals surface area (Å²) >= 11 is 0. The third-order valence-corrected chi connectivity index (χ3v) is 2.69. The van der Waals surface area contributed by atoms with Crippen LogP contribution < -0.4 is 0 Å². The number of hydrogen-bond acceptors (Lipinski definition) is 4. The summed E-state index contributed by atoms with van der Waals surface area (Å²) in [6, 6.07) is 6.33. The predicted molar refractivity (Wildman–Crippen MR) is 56.9 cm³/mol. The summed E-state index contributed by atoms with van der Waals surface area (Å²) in [6.45, 7) is 3.84. The molecule has 0 amide bonds. The Morgan fingerprint density at radius 1 is 1.25 bits per heavy atom. The van der Waals surface area contributed by atoms with Crippen LogP contribution in [0.2, 0.25) is 0 Å². The van der Waals surface area contributed by atoms with Crippen molar-refractivity contribution in [3.05, 3.63) is 39.9 Å². The molecule has 2 rings (SSSR count). The summed E-state index contributed by atoms with van der Waals surface area (Å²) in [6.07, 6.45) is -0.488. The van der Waals surface area contributed by atoms with Gasteiger partial charge in [-0.2, -0.15) is 0 Å². The summed E-state index contributed by atoms with van der Waals surface area (Å²) in [7, 11) is 0. The molecule has 0 aliphatic carbocycles. The molecule has 1 aromatic carbocycles. The summed E-state index contributed by atoms with van der Waals surface area (Å²) in [5.41, 5.74) is 0.738. The molecule has 0 unspecified atom stereocenters. The minimum Gasteiger partial charge on any atom is -0.343 e. The maximum Gasteiger partial charge on any atom is 0.269 e. The van der Waals surface area contributed by atoms with E-state index in [-0.39, 0.29) is 17.9 Å². The fourth-order valence-corrected chi connectivity index (χ4v) is 1.59. The first-order valence-corrected chi connectivity index (χ1v) is 5.13. The van der Waals surface area contributed by atoms with Crippen LogP contribution in [0.5, 0.6) is 0 Å². The van der Waals surface area contributed by atoms with Gasteiger partial charge in [-0.05, 0) is 13.8 Å².